The number of alkyl halides is 3. The third kappa shape index (κ3) is 4.85. The van der Waals surface area contributed by atoms with Crippen LogP contribution >= 0.6 is 0 Å². The van der Waals surface area contributed by atoms with E-state index in [9.17, 15) is 40.7 Å². The fourth-order valence-electron chi connectivity index (χ4n) is 4.05. The van der Waals surface area contributed by atoms with Crippen molar-refractivity contribution in [1.29, 1.82) is 0 Å². The molecule has 3 amide bonds. The first-order chi connectivity index (χ1) is 14.4. The second-order valence-electron chi connectivity index (χ2n) is 7.46. The number of fused-ring (bicyclic) bond motifs is 2. The van der Waals surface area contributed by atoms with Crippen LogP contribution in [0.15, 0.2) is 12.1 Å². The van der Waals surface area contributed by atoms with E-state index in [1.807, 2.05) is 5.32 Å². The molecule has 3 atom stereocenters. The van der Waals surface area contributed by atoms with E-state index in [4.69, 9.17) is 5.11 Å². The molecule has 2 bridgehead atoms. The Morgan fingerprint density at radius 1 is 1.03 bits per heavy atom. The summed E-state index contributed by atoms with van der Waals surface area (Å²) >= 11 is 0. The quantitative estimate of drug-likeness (QED) is 0.528. The largest absolute Gasteiger partial charge is 0.471 e. The zero-order chi connectivity index (χ0) is 23.1. The van der Waals surface area contributed by atoms with Crippen LogP contribution < -0.4 is 5.32 Å². The number of carboxylic acid groups (broad SMARTS) is 1. The smallest absolute Gasteiger partial charge is 0.465 e. The number of piperazine rings is 1. The number of nitrogens with zero attached hydrogens (tertiary/aromatic N) is 2. The molecule has 2 N–H and O–H groups in total. The minimum absolute atomic E-state index is 0.148. The SMILES string of the molecule is O=C(O)N[C@@H](CC(=O)N1CC2CC1CN2C(=O)C(F)(F)F)Cc1cc(F)c(F)cc1F. The van der Waals surface area contributed by atoms with E-state index < -0.39 is 72.5 Å². The van der Waals surface area contributed by atoms with Crippen molar-refractivity contribution in [1.82, 2.24) is 15.1 Å². The zero-order valence-electron chi connectivity index (χ0n) is 15.8. The zero-order valence-corrected chi connectivity index (χ0v) is 15.8. The van der Waals surface area contributed by atoms with Gasteiger partial charge in [-0.15, -0.1) is 0 Å². The van der Waals surface area contributed by atoms with E-state index in [1.54, 1.807) is 0 Å². The van der Waals surface area contributed by atoms with Gasteiger partial charge in [-0.3, -0.25) is 9.59 Å². The van der Waals surface area contributed by atoms with Gasteiger partial charge in [0, 0.05) is 31.6 Å². The van der Waals surface area contributed by atoms with Crippen molar-refractivity contribution in [3.8, 4) is 0 Å². The number of carbonyl (C=O) groups is 3. The van der Waals surface area contributed by atoms with Gasteiger partial charge in [0.15, 0.2) is 11.6 Å². The molecule has 31 heavy (non-hydrogen) atoms. The highest BCUT2D eigenvalue weighted by Gasteiger charge is 2.53. The molecule has 1 aromatic rings. The van der Waals surface area contributed by atoms with Gasteiger partial charge in [0.25, 0.3) is 0 Å². The van der Waals surface area contributed by atoms with Crippen LogP contribution in [0.3, 0.4) is 0 Å². The molecule has 0 saturated carbocycles. The topological polar surface area (TPSA) is 89.9 Å². The monoisotopic (exact) mass is 453 g/mol. The average Bonchev–Trinajstić information content (AvgIpc) is 3.24. The third-order valence-electron chi connectivity index (χ3n) is 5.37. The Labute approximate surface area is 171 Å². The Morgan fingerprint density at radius 2 is 1.61 bits per heavy atom. The maximum Gasteiger partial charge on any atom is 0.471 e. The fraction of sp³-hybridized carbons (Fsp3) is 0.500. The molecule has 2 saturated heterocycles. The molecular formula is C18H17F6N3O4. The minimum atomic E-state index is -5.02. The molecule has 13 heteroatoms. The van der Waals surface area contributed by atoms with Gasteiger partial charge in [-0.2, -0.15) is 13.2 Å². The van der Waals surface area contributed by atoms with Crippen molar-refractivity contribution in [2.24, 2.45) is 0 Å². The molecular weight excluding hydrogens is 436 g/mol. The summed E-state index contributed by atoms with van der Waals surface area (Å²) in [6.07, 6.45) is -7.35. The second kappa shape index (κ2) is 8.27. The summed E-state index contributed by atoms with van der Waals surface area (Å²) in [5.74, 6) is -6.49. The number of amides is 3. The highest BCUT2D eigenvalue weighted by atomic mass is 19.4. The molecule has 170 valence electrons. The summed E-state index contributed by atoms with van der Waals surface area (Å²) < 4.78 is 78.3. The molecule has 0 spiro atoms. The number of rotatable bonds is 5. The summed E-state index contributed by atoms with van der Waals surface area (Å²) in [5, 5.41) is 11.0. The van der Waals surface area contributed by atoms with Gasteiger partial charge in [0.1, 0.15) is 5.82 Å². The molecule has 2 unspecified atom stereocenters. The lowest BCUT2D eigenvalue weighted by molar-refractivity contribution is -0.187. The van der Waals surface area contributed by atoms with Crippen LogP contribution in [-0.4, -0.2) is 70.2 Å². The predicted molar refractivity (Wildman–Crippen MR) is 91.3 cm³/mol. The van der Waals surface area contributed by atoms with Crippen molar-refractivity contribution in [2.75, 3.05) is 13.1 Å². The van der Waals surface area contributed by atoms with Crippen LogP contribution in [0.2, 0.25) is 0 Å². The lowest BCUT2D eigenvalue weighted by Gasteiger charge is -2.35. The summed E-state index contributed by atoms with van der Waals surface area (Å²) in [5.41, 5.74) is -0.352. The van der Waals surface area contributed by atoms with Gasteiger partial charge in [-0.25, -0.2) is 18.0 Å². The van der Waals surface area contributed by atoms with Crippen LogP contribution in [0, 0.1) is 17.5 Å². The number of hydrogen-bond acceptors (Lipinski definition) is 3. The number of nitrogens with one attached hydrogen (secondary N) is 1. The normalized spacial score (nSPS) is 21.4. The van der Waals surface area contributed by atoms with Crippen molar-refractivity contribution >= 4 is 17.9 Å². The first-order valence-corrected chi connectivity index (χ1v) is 9.17. The standard InChI is InChI=1S/C18H17F6N3O4/c19-12-5-14(21)13(20)2-8(12)1-9(25-17(30)31)3-15(28)26-6-11-4-10(26)7-27(11)16(29)18(22,23)24/h2,5,9-11,25H,1,3-4,6-7H2,(H,30,31)/t9-,10?,11?/m1/s1. The summed E-state index contributed by atoms with van der Waals surface area (Å²) in [6, 6.07) is -1.80. The Bertz CT molecular complexity index is 909. The molecule has 2 aliphatic rings. The summed E-state index contributed by atoms with van der Waals surface area (Å²) in [6.45, 7) is -0.450. The molecule has 0 aliphatic carbocycles. The first kappa shape index (κ1) is 22.7. The lowest BCUT2D eigenvalue weighted by atomic mass is 10.0. The Morgan fingerprint density at radius 3 is 2.16 bits per heavy atom. The highest BCUT2D eigenvalue weighted by Crippen LogP contribution is 2.34. The molecule has 3 rings (SSSR count). The van der Waals surface area contributed by atoms with Crippen molar-refractivity contribution < 1.29 is 45.8 Å². The number of carbonyl (C=O) groups excluding carboxylic acids is 2. The van der Waals surface area contributed by atoms with E-state index in [0.717, 1.165) is 0 Å². The van der Waals surface area contributed by atoms with Gasteiger partial charge in [-0.05, 0) is 24.5 Å². The predicted octanol–water partition coefficient (Wildman–Crippen LogP) is 2.05. The first-order valence-electron chi connectivity index (χ1n) is 9.17. The van der Waals surface area contributed by atoms with Crippen LogP contribution in [0.4, 0.5) is 31.1 Å². The van der Waals surface area contributed by atoms with Gasteiger partial charge < -0.3 is 20.2 Å². The Kier molecular flexibility index (Phi) is 6.05. The number of hydrogen-bond donors (Lipinski definition) is 2. The lowest BCUT2D eigenvalue weighted by Crippen LogP contribution is -2.54. The van der Waals surface area contributed by atoms with Crippen molar-refractivity contribution in [3.05, 3.63) is 35.1 Å². The fourth-order valence-corrected chi connectivity index (χ4v) is 4.05. The van der Waals surface area contributed by atoms with E-state index in [0.29, 0.717) is 17.0 Å². The minimum Gasteiger partial charge on any atom is -0.465 e. The molecule has 2 aliphatic heterocycles. The number of likely N-dealkylation sites (tertiary alicyclic amines) is 2. The summed E-state index contributed by atoms with van der Waals surface area (Å²) in [7, 11) is 0. The van der Waals surface area contributed by atoms with E-state index >= 15 is 0 Å². The van der Waals surface area contributed by atoms with Crippen molar-refractivity contribution in [3.63, 3.8) is 0 Å². The van der Waals surface area contributed by atoms with Crippen LogP contribution in [-0.2, 0) is 16.0 Å². The molecule has 1 aromatic carbocycles. The third-order valence-corrected chi connectivity index (χ3v) is 5.37. The highest BCUT2D eigenvalue weighted by molar-refractivity contribution is 5.84. The second-order valence-corrected chi connectivity index (χ2v) is 7.46. The van der Waals surface area contributed by atoms with Gasteiger partial charge in [-0.1, -0.05) is 0 Å². The summed E-state index contributed by atoms with van der Waals surface area (Å²) in [4.78, 5) is 37.0. The Hall–Kier alpha value is -2.99. The van der Waals surface area contributed by atoms with Crippen LogP contribution in [0.25, 0.3) is 0 Å². The molecule has 0 aromatic heterocycles. The van der Waals surface area contributed by atoms with Crippen molar-refractivity contribution in [2.45, 2.75) is 43.6 Å². The van der Waals surface area contributed by atoms with E-state index in [1.165, 1.54) is 4.90 Å². The average molecular weight is 453 g/mol. The maximum absolute atomic E-state index is 13.9. The van der Waals surface area contributed by atoms with E-state index in [2.05, 4.69) is 0 Å². The maximum atomic E-state index is 13.9. The van der Waals surface area contributed by atoms with Gasteiger partial charge in [0.05, 0.1) is 12.1 Å². The number of halogens is 6. The van der Waals surface area contributed by atoms with Gasteiger partial charge >= 0.3 is 18.2 Å². The van der Waals surface area contributed by atoms with E-state index in [-0.39, 0.29) is 25.1 Å². The molecule has 0 radical (unpaired) electrons. The van der Waals surface area contributed by atoms with Crippen LogP contribution in [0.1, 0.15) is 18.4 Å². The number of benzene rings is 1. The molecule has 7 nitrogen and oxygen atoms in total. The molecule has 2 fully saturated rings. The van der Waals surface area contributed by atoms with Crippen LogP contribution in [0.5, 0.6) is 0 Å². The van der Waals surface area contributed by atoms with Gasteiger partial charge in [0.2, 0.25) is 5.91 Å². The molecule has 2 heterocycles. The Balaban J connectivity index is 1.67.